The van der Waals surface area contributed by atoms with Gasteiger partial charge in [-0.2, -0.15) is 4.98 Å². The third kappa shape index (κ3) is 4.20. The normalized spacial score (nSPS) is 14.1. The summed E-state index contributed by atoms with van der Waals surface area (Å²) in [4.78, 5) is 22.6. The van der Waals surface area contributed by atoms with E-state index in [1.54, 1.807) is 20.3 Å². The standard InChI is InChI=1S/C24H24N4O4S/c1-30-16-11-12-18(20(13-16)31-2)22-26-21(32-27-22)14-33-24-25-19-10-6-5-9-17(19)23(29)28(24)15-7-3-4-8-15/h5-6,9-13,15H,3-4,7-8,14H2,1-2H3. The SMILES string of the molecule is COc1ccc(-c2noc(CSc3nc4ccccc4c(=O)n3C3CCCC3)n2)c(OC)c1. The first-order valence-electron chi connectivity index (χ1n) is 10.9. The molecule has 0 N–H and O–H groups in total. The Bertz CT molecular complexity index is 1340. The maximum Gasteiger partial charge on any atom is 0.262 e. The van der Waals surface area contributed by atoms with Crippen molar-refractivity contribution in [1.82, 2.24) is 19.7 Å². The lowest BCUT2D eigenvalue weighted by Gasteiger charge is -2.18. The Labute approximate surface area is 194 Å². The van der Waals surface area contributed by atoms with Crippen LogP contribution >= 0.6 is 11.8 Å². The highest BCUT2D eigenvalue weighted by Gasteiger charge is 2.23. The number of rotatable bonds is 7. The van der Waals surface area contributed by atoms with Gasteiger partial charge in [-0.1, -0.05) is 41.9 Å². The lowest BCUT2D eigenvalue weighted by molar-refractivity contribution is 0.388. The lowest BCUT2D eigenvalue weighted by atomic mass is 10.2. The first-order chi connectivity index (χ1) is 16.2. The van der Waals surface area contributed by atoms with Crippen molar-refractivity contribution in [3.05, 3.63) is 58.7 Å². The van der Waals surface area contributed by atoms with E-state index in [1.165, 1.54) is 11.8 Å². The summed E-state index contributed by atoms with van der Waals surface area (Å²) in [5.41, 5.74) is 1.43. The van der Waals surface area contributed by atoms with Gasteiger partial charge >= 0.3 is 0 Å². The van der Waals surface area contributed by atoms with E-state index in [9.17, 15) is 4.79 Å². The summed E-state index contributed by atoms with van der Waals surface area (Å²) in [5.74, 6) is 2.57. The predicted molar refractivity (Wildman–Crippen MR) is 126 cm³/mol. The van der Waals surface area contributed by atoms with E-state index >= 15 is 0 Å². The summed E-state index contributed by atoms with van der Waals surface area (Å²) in [6.07, 6.45) is 4.25. The van der Waals surface area contributed by atoms with Crippen LogP contribution in [-0.2, 0) is 5.75 Å². The molecule has 0 atom stereocenters. The van der Waals surface area contributed by atoms with Crippen LogP contribution in [0.2, 0.25) is 0 Å². The number of thioether (sulfide) groups is 1. The summed E-state index contributed by atoms with van der Waals surface area (Å²) < 4.78 is 18.1. The molecule has 0 unspecified atom stereocenters. The van der Waals surface area contributed by atoms with Crippen molar-refractivity contribution >= 4 is 22.7 Å². The van der Waals surface area contributed by atoms with Gasteiger partial charge in [-0.25, -0.2) is 4.98 Å². The molecular weight excluding hydrogens is 440 g/mol. The zero-order valence-corrected chi connectivity index (χ0v) is 19.3. The Balaban J connectivity index is 1.44. The third-order valence-corrected chi connectivity index (χ3v) is 6.85. The van der Waals surface area contributed by atoms with Crippen LogP contribution in [-0.4, -0.2) is 33.9 Å². The molecule has 170 valence electrons. The van der Waals surface area contributed by atoms with Crippen LogP contribution < -0.4 is 15.0 Å². The summed E-state index contributed by atoms with van der Waals surface area (Å²) in [6.45, 7) is 0. The van der Waals surface area contributed by atoms with Crippen molar-refractivity contribution in [1.29, 1.82) is 0 Å². The van der Waals surface area contributed by atoms with Crippen LogP contribution in [0.1, 0.15) is 37.6 Å². The molecule has 0 saturated heterocycles. The van der Waals surface area contributed by atoms with Crippen molar-refractivity contribution in [3.63, 3.8) is 0 Å². The van der Waals surface area contributed by atoms with Crippen LogP contribution in [0.5, 0.6) is 11.5 Å². The molecule has 0 bridgehead atoms. The topological polar surface area (TPSA) is 92.3 Å². The van der Waals surface area contributed by atoms with Gasteiger partial charge in [0.25, 0.3) is 5.56 Å². The minimum Gasteiger partial charge on any atom is -0.497 e. The Kier molecular flexibility index (Phi) is 6.04. The molecule has 1 saturated carbocycles. The van der Waals surface area contributed by atoms with Gasteiger partial charge in [0.2, 0.25) is 11.7 Å². The molecule has 0 aliphatic heterocycles. The zero-order valence-electron chi connectivity index (χ0n) is 18.5. The number of methoxy groups -OCH3 is 2. The van der Waals surface area contributed by atoms with E-state index in [0.29, 0.717) is 50.6 Å². The number of nitrogens with zero attached hydrogens (tertiary/aromatic N) is 4. The highest BCUT2D eigenvalue weighted by Crippen LogP contribution is 2.34. The molecule has 8 nitrogen and oxygen atoms in total. The molecule has 0 amide bonds. The summed E-state index contributed by atoms with van der Waals surface area (Å²) in [7, 11) is 3.19. The number of aromatic nitrogens is 4. The number of benzene rings is 2. The van der Waals surface area contributed by atoms with Gasteiger partial charge < -0.3 is 14.0 Å². The summed E-state index contributed by atoms with van der Waals surface area (Å²) in [6, 6.07) is 13.1. The summed E-state index contributed by atoms with van der Waals surface area (Å²) in [5, 5.41) is 5.46. The fraction of sp³-hybridized carbons (Fsp3) is 0.333. The molecule has 5 rings (SSSR count). The smallest absolute Gasteiger partial charge is 0.262 e. The molecule has 2 aromatic carbocycles. The molecule has 33 heavy (non-hydrogen) atoms. The van der Waals surface area contributed by atoms with E-state index in [2.05, 4.69) is 10.1 Å². The minimum atomic E-state index is 0.0178. The van der Waals surface area contributed by atoms with E-state index in [0.717, 1.165) is 25.7 Å². The van der Waals surface area contributed by atoms with Crippen LogP contribution in [0.4, 0.5) is 0 Å². The lowest BCUT2D eigenvalue weighted by Crippen LogP contribution is -2.26. The molecule has 0 radical (unpaired) electrons. The molecular formula is C24H24N4O4S. The van der Waals surface area contributed by atoms with Crippen LogP contribution in [0.25, 0.3) is 22.3 Å². The van der Waals surface area contributed by atoms with Crippen molar-refractivity contribution in [2.45, 2.75) is 42.6 Å². The van der Waals surface area contributed by atoms with Crippen molar-refractivity contribution < 1.29 is 14.0 Å². The van der Waals surface area contributed by atoms with Gasteiger partial charge in [0.05, 0.1) is 36.4 Å². The molecule has 9 heteroatoms. The second kappa shape index (κ2) is 9.27. The Morgan fingerprint density at radius 2 is 1.91 bits per heavy atom. The Morgan fingerprint density at radius 3 is 2.70 bits per heavy atom. The van der Waals surface area contributed by atoms with Crippen molar-refractivity contribution in [3.8, 4) is 22.9 Å². The van der Waals surface area contributed by atoms with E-state index in [-0.39, 0.29) is 11.6 Å². The quantitative estimate of drug-likeness (QED) is 0.282. The zero-order chi connectivity index (χ0) is 22.8. The Morgan fingerprint density at radius 1 is 1.09 bits per heavy atom. The van der Waals surface area contributed by atoms with Crippen LogP contribution in [0, 0.1) is 0 Å². The van der Waals surface area contributed by atoms with E-state index in [1.807, 2.05) is 41.0 Å². The van der Waals surface area contributed by atoms with Gasteiger partial charge in [0.1, 0.15) is 11.5 Å². The predicted octanol–water partition coefficient (Wildman–Crippen LogP) is 4.87. The summed E-state index contributed by atoms with van der Waals surface area (Å²) >= 11 is 1.44. The fourth-order valence-corrected chi connectivity index (χ4v) is 5.15. The molecule has 2 aromatic heterocycles. The Hall–Kier alpha value is -3.33. The second-order valence-electron chi connectivity index (χ2n) is 7.89. The highest BCUT2D eigenvalue weighted by atomic mass is 32.2. The highest BCUT2D eigenvalue weighted by molar-refractivity contribution is 7.98. The van der Waals surface area contributed by atoms with Crippen LogP contribution in [0.15, 0.2) is 56.9 Å². The fourth-order valence-electron chi connectivity index (χ4n) is 4.24. The maximum absolute atomic E-state index is 13.3. The van der Waals surface area contributed by atoms with Gasteiger partial charge in [-0.05, 0) is 37.1 Å². The number of para-hydroxylation sites is 1. The molecule has 1 aliphatic carbocycles. The van der Waals surface area contributed by atoms with Gasteiger partial charge in [-0.3, -0.25) is 9.36 Å². The molecule has 4 aromatic rings. The number of fused-ring (bicyclic) bond motifs is 1. The van der Waals surface area contributed by atoms with Crippen molar-refractivity contribution in [2.24, 2.45) is 0 Å². The van der Waals surface area contributed by atoms with Gasteiger partial charge in [-0.15, -0.1) is 0 Å². The maximum atomic E-state index is 13.3. The first kappa shape index (κ1) is 21.5. The number of hydrogen-bond donors (Lipinski definition) is 0. The monoisotopic (exact) mass is 464 g/mol. The average Bonchev–Trinajstić information content (AvgIpc) is 3.55. The molecule has 0 spiro atoms. The largest absolute Gasteiger partial charge is 0.497 e. The van der Waals surface area contributed by atoms with E-state index in [4.69, 9.17) is 19.0 Å². The van der Waals surface area contributed by atoms with Crippen molar-refractivity contribution in [2.75, 3.05) is 14.2 Å². The van der Waals surface area contributed by atoms with E-state index < -0.39 is 0 Å². The second-order valence-corrected chi connectivity index (χ2v) is 8.83. The number of hydrogen-bond acceptors (Lipinski definition) is 8. The minimum absolute atomic E-state index is 0.0178. The molecule has 1 aliphatic rings. The third-order valence-electron chi connectivity index (χ3n) is 5.91. The average molecular weight is 465 g/mol. The van der Waals surface area contributed by atoms with Gasteiger partial charge in [0.15, 0.2) is 5.16 Å². The molecule has 2 heterocycles. The van der Waals surface area contributed by atoms with Gasteiger partial charge in [0, 0.05) is 12.1 Å². The van der Waals surface area contributed by atoms with Crippen LogP contribution in [0.3, 0.4) is 0 Å². The first-order valence-corrected chi connectivity index (χ1v) is 11.9. The molecule has 1 fully saturated rings. The number of ether oxygens (including phenoxy) is 2.